The van der Waals surface area contributed by atoms with Crippen LogP contribution in [0, 0.1) is 5.41 Å². The highest BCUT2D eigenvalue weighted by molar-refractivity contribution is 5.82. The first-order valence-electron chi connectivity index (χ1n) is 9.50. The summed E-state index contributed by atoms with van der Waals surface area (Å²) in [4.78, 5) is 16.5. The van der Waals surface area contributed by atoms with E-state index in [-0.39, 0.29) is 11.9 Å². The molecule has 2 rings (SSSR count). The van der Waals surface area contributed by atoms with Crippen molar-refractivity contribution in [2.45, 2.75) is 65.6 Å². The Kier molecular flexibility index (Phi) is 6.64. The summed E-state index contributed by atoms with van der Waals surface area (Å²) in [6.45, 7) is 12.1. The third-order valence-electron chi connectivity index (χ3n) is 5.30. The van der Waals surface area contributed by atoms with Crippen molar-refractivity contribution in [1.82, 2.24) is 9.80 Å². The maximum Gasteiger partial charge on any atom is 0.239 e. The molecule has 0 radical (unpaired) electrons. The molecule has 0 spiro atoms. The van der Waals surface area contributed by atoms with E-state index in [4.69, 9.17) is 5.73 Å². The van der Waals surface area contributed by atoms with E-state index >= 15 is 0 Å². The minimum absolute atomic E-state index is 0.00891. The molecule has 1 aromatic rings. The summed E-state index contributed by atoms with van der Waals surface area (Å²) in [6.07, 6.45) is 3.19. The SMILES string of the molecule is CC(C)N(C)C(=O)C(N)Cc1ccc(CN2CCCC(C)(C)C2)cc1. The second-order valence-electron chi connectivity index (χ2n) is 8.65. The topological polar surface area (TPSA) is 49.6 Å². The van der Waals surface area contributed by atoms with Crippen molar-refractivity contribution in [3.05, 3.63) is 35.4 Å². The van der Waals surface area contributed by atoms with Crippen molar-refractivity contribution < 1.29 is 4.79 Å². The van der Waals surface area contributed by atoms with Gasteiger partial charge < -0.3 is 10.6 Å². The van der Waals surface area contributed by atoms with E-state index in [1.54, 1.807) is 4.90 Å². The molecule has 0 aromatic heterocycles. The zero-order valence-corrected chi connectivity index (χ0v) is 16.6. The van der Waals surface area contributed by atoms with Gasteiger partial charge in [0, 0.05) is 26.2 Å². The van der Waals surface area contributed by atoms with Gasteiger partial charge in [0.05, 0.1) is 6.04 Å². The highest BCUT2D eigenvalue weighted by Gasteiger charge is 2.26. The summed E-state index contributed by atoms with van der Waals surface area (Å²) >= 11 is 0. The van der Waals surface area contributed by atoms with Gasteiger partial charge >= 0.3 is 0 Å². The Labute approximate surface area is 153 Å². The Hall–Kier alpha value is -1.39. The quantitative estimate of drug-likeness (QED) is 0.862. The van der Waals surface area contributed by atoms with Gasteiger partial charge in [0.1, 0.15) is 0 Å². The van der Waals surface area contributed by atoms with Crippen LogP contribution < -0.4 is 5.73 Å². The fraction of sp³-hybridized carbons (Fsp3) is 0.667. The lowest BCUT2D eigenvalue weighted by Gasteiger charge is -2.38. The number of hydrogen-bond acceptors (Lipinski definition) is 3. The van der Waals surface area contributed by atoms with Gasteiger partial charge in [-0.3, -0.25) is 9.69 Å². The van der Waals surface area contributed by atoms with Crippen LogP contribution in [0.4, 0.5) is 0 Å². The van der Waals surface area contributed by atoms with Crippen molar-refractivity contribution in [1.29, 1.82) is 0 Å². The number of rotatable bonds is 6. The molecular formula is C21H35N3O. The molecule has 1 heterocycles. The number of carbonyl (C=O) groups excluding carboxylic acids is 1. The molecule has 1 unspecified atom stereocenters. The predicted molar refractivity (Wildman–Crippen MR) is 104 cm³/mol. The molecule has 140 valence electrons. The number of amides is 1. The number of nitrogens with zero attached hydrogens (tertiary/aromatic N) is 2. The average Bonchev–Trinajstić information content (AvgIpc) is 2.54. The van der Waals surface area contributed by atoms with Crippen LogP contribution in [-0.4, -0.2) is 47.9 Å². The second-order valence-corrected chi connectivity index (χ2v) is 8.65. The Morgan fingerprint density at radius 2 is 1.84 bits per heavy atom. The monoisotopic (exact) mass is 345 g/mol. The zero-order valence-electron chi connectivity index (χ0n) is 16.6. The zero-order chi connectivity index (χ0) is 18.6. The first-order valence-corrected chi connectivity index (χ1v) is 9.50. The number of likely N-dealkylation sites (N-methyl/N-ethyl adjacent to an activating group) is 1. The van der Waals surface area contributed by atoms with E-state index in [2.05, 4.69) is 43.0 Å². The Morgan fingerprint density at radius 3 is 2.40 bits per heavy atom. The van der Waals surface area contributed by atoms with Crippen molar-refractivity contribution in [2.24, 2.45) is 11.1 Å². The first kappa shape index (κ1) is 19.9. The van der Waals surface area contributed by atoms with E-state index in [1.807, 2.05) is 20.9 Å². The van der Waals surface area contributed by atoms with Gasteiger partial charge in [0.25, 0.3) is 0 Å². The van der Waals surface area contributed by atoms with Gasteiger partial charge in [-0.15, -0.1) is 0 Å². The lowest BCUT2D eigenvalue weighted by Crippen LogP contribution is -2.45. The molecule has 1 amide bonds. The maximum absolute atomic E-state index is 12.3. The molecule has 0 aliphatic carbocycles. The summed E-state index contributed by atoms with van der Waals surface area (Å²) in [6, 6.07) is 8.30. The molecule has 2 N–H and O–H groups in total. The van der Waals surface area contributed by atoms with Gasteiger partial charge in [-0.25, -0.2) is 0 Å². The fourth-order valence-corrected chi connectivity index (χ4v) is 3.58. The summed E-state index contributed by atoms with van der Waals surface area (Å²) in [5.74, 6) is 0.00891. The lowest BCUT2D eigenvalue weighted by molar-refractivity contribution is -0.132. The number of carbonyl (C=O) groups is 1. The van der Waals surface area contributed by atoms with Crippen LogP contribution in [0.3, 0.4) is 0 Å². The highest BCUT2D eigenvalue weighted by Crippen LogP contribution is 2.29. The normalized spacial score (nSPS) is 19.0. The molecule has 1 fully saturated rings. The third kappa shape index (κ3) is 5.82. The largest absolute Gasteiger partial charge is 0.342 e. The van der Waals surface area contributed by atoms with Crippen LogP contribution in [0.25, 0.3) is 0 Å². The number of benzene rings is 1. The van der Waals surface area contributed by atoms with Gasteiger partial charge in [-0.05, 0) is 56.2 Å². The Bertz CT molecular complexity index is 565. The molecule has 25 heavy (non-hydrogen) atoms. The van der Waals surface area contributed by atoms with Crippen LogP contribution >= 0.6 is 0 Å². The third-order valence-corrected chi connectivity index (χ3v) is 5.30. The maximum atomic E-state index is 12.3. The minimum Gasteiger partial charge on any atom is -0.342 e. The summed E-state index contributed by atoms with van der Waals surface area (Å²) in [7, 11) is 1.82. The van der Waals surface area contributed by atoms with Crippen LogP contribution in [-0.2, 0) is 17.8 Å². The smallest absolute Gasteiger partial charge is 0.239 e. The van der Waals surface area contributed by atoms with Crippen molar-refractivity contribution >= 4 is 5.91 Å². The van der Waals surface area contributed by atoms with Crippen LogP contribution in [0.1, 0.15) is 51.7 Å². The molecule has 0 saturated carbocycles. The fourth-order valence-electron chi connectivity index (χ4n) is 3.58. The Balaban J connectivity index is 1.90. The molecule has 1 aliphatic heterocycles. The summed E-state index contributed by atoms with van der Waals surface area (Å²) in [5.41, 5.74) is 8.99. The summed E-state index contributed by atoms with van der Waals surface area (Å²) < 4.78 is 0. The molecule has 1 saturated heterocycles. The first-order chi connectivity index (χ1) is 11.7. The molecule has 4 nitrogen and oxygen atoms in total. The highest BCUT2D eigenvalue weighted by atomic mass is 16.2. The number of piperidine rings is 1. The van der Waals surface area contributed by atoms with Crippen molar-refractivity contribution in [3.8, 4) is 0 Å². The van der Waals surface area contributed by atoms with Gasteiger partial charge in [-0.2, -0.15) is 0 Å². The van der Waals surface area contributed by atoms with Crippen LogP contribution in [0.15, 0.2) is 24.3 Å². The molecular weight excluding hydrogens is 310 g/mol. The molecule has 1 aliphatic rings. The molecule has 4 heteroatoms. The van der Waals surface area contributed by atoms with E-state index < -0.39 is 6.04 Å². The van der Waals surface area contributed by atoms with E-state index in [0.717, 1.165) is 18.7 Å². The van der Waals surface area contributed by atoms with Crippen LogP contribution in [0.5, 0.6) is 0 Å². The predicted octanol–water partition coefficient (Wildman–Crippen LogP) is 3.05. The molecule has 1 atom stereocenters. The standard InChI is InChI=1S/C21H35N3O/c1-16(2)23(5)20(25)19(22)13-17-7-9-18(10-8-17)14-24-12-6-11-21(3,4)15-24/h7-10,16,19H,6,11-15,22H2,1-5H3. The second kappa shape index (κ2) is 8.33. The lowest BCUT2D eigenvalue weighted by atomic mass is 9.84. The average molecular weight is 346 g/mol. The van der Waals surface area contributed by atoms with Gasteiger partial charge in [-0.1, -0.05) is 38.1 Å². The number of nitrogens with two attached hydrogens (primary N) is 1. The van der Waals surface area contributed by atoms with Crippen molar-refractivity contribution in [2.75, 3.05) is 20.1 Å². The number of likely N-dealkylation sites (tertiary alicyclic amines) is 1. The van der Waals surface area contributed by atoms with E-state index in [0.29, 0.717) is 11.8 Å². The number of hydrogen-bond donors (Lipinski definition) is 1. The molecule has 1 aromatic carbocycles. The van der Waals surface area contributed by atoms with E-state index in [1.165, 1.54) is 24.9 Å². The minimum atomic E-state index is -0.471. The van der Waals surface area contributed by atoms with Gasteiger partial charge in [0.15, 0.2) is 0 Å². The van der Waals surface area contributed by atoms with Crippen molar-refractivity contribution in [3.63, 3.8) is 0 Å². The van der Waals surface area contributed by atoms with Crippen LogP contribution in [0.2, 0.25) is 0 Å². The van der Waals surface area contributed by atoms with Gasteiger partial charge in [0.2, 0.25) is 5.91 Å². The molecule has 0 bridgehead atoms. The summed E-state index contributed by atoms with van der Waals surface area (Å²) in [5, 5.41) is 0. The Morgan fingerprint density at radius 1 is 1.24 bits per heavy atom. The van der Waals surface area contributed by atoms with E-state index in [9.17, 15) is 4.79 Å².